The maximum atomic E-state index is 13.8. The quantitative estimate of drug-likeness (QED) is 0.309. The summed E-state index contributed by atoms with van der Waals surface area (Å²) >= 11 is 6.00. The smallest absolute Gasteiger partial charge is 0.265 e. The second-order valence-electron chi connectivity index (χ2n) is 10.1. The first-order valence-corrected chi connectivity index (χ1v) is 15.4. The number of ether oxygens (including phenoxy) is 1. The molecule has 4 aromatic rings. The fourth-order valence-corrected chi connectivity index (χ4v) is 7.18. The number of para-hydroxylation sites is 2. The van der Waals surface area contributed by atoms with Gasteiger partial charge in [0.1, 0.15) is 5.75 Å². The SMILES string of the molecule is O=C([C@H]1CN(S(=O)(=O)c2ccc(Cl)cc2)c2ccccc2O1)N1CCN(C(c2ccccc2)c2ccccc2)CC1. The minimum Gasteiger partial charge on any atom is -0.476 e. The molecular weight excluding hydrogens is 558 g/mol. The van der Waals surface area contributed by atoms with Crippen molar-refractivity contribution >= 4 is 33.2 Å². The Morgan fingerprint density at radius 1 is 0.756 bits per heavy atom. The third kappa shape index (κ3) is 5.55. The van der Waals surface area contributed by atoms with Crippen LogP contribution >= 0.6 is 11.6 Å². The molecule has 9 heteroatoms. The van der Waals surface area contributed by atoms with Gasteiger partial charge in [-0.3, -0.25) is 14.0 Å². The van der Waals surface area contributed by atoms with Crippen LogP contribution in [0.4, 0.5) is 5.69 Å². The van der Waals surface area contributed by atoms with E-state index in [2.05, 4.69) is 29.2 Å². The number of hydrogen-bond acceptors (Lipinski definition) is 5. The van der Waals surface area contributed by atoms with E-state index in [4.69, 9.17) is 16.3 Å². The zero-order chi connectivity index (χ0) is 28.4. The number of anilines is 1. The largest absolute Gasteiger partial charge is 0.476 e. The highest BCUT2D eigenvalue weighted by atomic mass is 35.5. The number of carbonyl (C=O) groups excluding carboxylic acids is 1. The van der Waals surface area contributed by atoms with Crippen molar-refractivity contribution in [2.75, 3.05) is 37.0 Å². The molecule has 2 aliphatic heterocycles. The maximum absolute atomic E-state index is 13.8. The molecule has 1 fully saturated rings. The molecule has 0 saturated carbocycles. The van der Waals surface area contributed by atoms with E-state index in [1.54, 1.807) is 41.3 Å². The lowest BCUT2D eigenvalue weighted by molar-refractivity contribution is -0.140. The molecule has 6 rings (SSSR count). The summed E-state index contributed by atoms with van der Waals surface area (Å²) in [6.45, 7) is 2.27. The van der Waals surface area contributed by atoms with Crippen LogP contribution in [-0.4, -0.2) is 63.0 Å². The molecule has 1 atom stereocenters. The Morgan fingerprint density at radius 3 is 1.93 bits per heavy atom. The van der Waals surface area contributed by atoms with E-state index in [0.29, 0.717) is 42.6 Å². The molecule has 41 heavy (non-hydrogen) atoms. The third-order valence-corrected chi connectivity index (χ3v) is 9.68. The number of nitrogens with zero attached hydrogens (tertiary/aromatic N) is 3. The van der Waals surface area contributed by atoms with Crippen LogP contribution in [0.5, 0.6) is 5.75 Å². The summed E-state index contributed by atoms with van der Waals surface area (Å²) in [5.74, 6) is 0.146. The molecule has 0 N–H and O–H groups in total. The highest BCUT2D eigenvalue weighted by Gasteiger charge is 2.40. The van der Waals surface area contributed by atoms with Gasteiger partial charge >= 0.3 is 0 Å². The lowest BCUT2D eigenvalue weighted by atomic mass is 9.96. The molecule has 0 spiro atoms. The molecule has 0 aliphatic carbocycles. The highest BCUT2D eigenvalue weighted by Crippen LogP contribution is 2.37. The minimum atomic E-state index is -3.95. The molecule has 2 aliphatic rings. The predicted octanol–water partition coefficient (Wildman–Crippen LogP) is 5.23. The van der Waals surface area contributed by atoms with Gasteiger partial charge in [0, 0.05) is 31.2 Å². The number of halogens is 1. The number of hydrogen-bond donors (Lipinski definition) is 0. The van der Waals surface area contributed by atoms with E-state index >= 15 is 0 Å². The van der Waals surface area contributed by atoms with Gasteiger partial charge in [0.15, 0.2) is 6.10 Å². The monoisotopic (exact) mass is 587 g/mol. The van der Waals surface area contributed by atoms with Gasteiger partial charge in [-0.25, -0.2) is 8.42 Å². The molecule has 210 valence electrons. The summed E-state index contributed by atoms with van der Waals surface area (Å²) in [5, 5.41) is 0.445. The van der Waals surface area contributed by atoms with Crippen molar-refractivity contribution in [2.24, 2.45) is 0 Å². The van der Waals surface area contributed by atoms with Gasteiger partial charge in [0.25, 0.3) is 15.9 Å². The summed E-state index contributed by atoms with van der Waals surface area (Å²) < 4.78 is 34.8. The summed E-state index contributed by atoms with van der Waals surface area (Å²) in [5.41, 5.74) is 2.81. The lowest BCUT2D eigenvalue weighted by Crippen LogP contribution is -2.56. The maximum Gasteiger partial charge on any atom is 0.265 e. The number of fused-ring (bicyclic) bond motifs is 1. The minimum absolute atomic E-state index is 0.0764. The molecule has 2 heterocycles. The van der Waals surface area contributed by atoms with Crippen LogP contribution in [0.1, 0.15) is 17.2 Å². The average Bonchev–Trinajstić information content (AvgIpc) is 3.02. The third-order valence-electron chi connectivity index (χ3n) is 7.63. The van der Waals surface area contributed by atoms with Crippen LogP contribution in [0.2, 0.25) is 5.02 Å². The van der Waals surface area contributed by atoms with Crippen LogP contribution < -0.4 is 9.04 Å². The first kappa shape index (κ1) is 27.3. The number of sulfonamides is 1. The topological polar surface area (TPSA) is 70.2 Å². The number of piperazine rings is 1. The fraction of sp³-hybridized carbons (Fsp3) is 0.219. The number of rotatable bonds is 6. The van der Waals surface area contributed by atoms with E-state index < -0.39 is 16.1 Å². The van der Waals surface area contributed by atoms with Gasteiger partial charge in [-0.05, 0) is 47.5 Å². The van der Waals surface area contributed by atoms with Gasteiger partial charge in [0.05, 0.1) is 23.2 Å². The highest BCUT2D eigenvalue weighted by molar-refractivity contribution is 7.92. The molecule has 0 bridgehead atoms. The number of benzene rings is 4. The van der Waals surface area contributed by atoms with E-state index in [1.807, 2.05) is 36.4 Å². The Morgan fingerprint density at radius 2 is 1.32 bits per heavy atom. The molecular formula is C32H30ClN3O4S. The molecule has 0 radical (unpaired) electrons. The molecule has 1 amide bonds. The van der Waals surface area contributed by atoms with E-state index in [9.17, 15) is 13.2 Å². The average molecular weight is 588 g/mol. The van der Waals surface area contributed by atoms with Crippen molar-refractivity contribution in [2.45, 2.75) is 17.0 Å². The predicted molar refractivity (Wildman–Crippen MR) is 160 cm³/mol. The van der Waals surface area contributed by atoms with Crippen LogP contribution in [0, 0.1) is 0 Å². The molecule has 0 unspecified atom stereocenters. The summed E-state index contributed by atoms with van der Waals surface area (Å²) in [6.07, 6.45) is -0.961. The van der Waals surface area contributed by atoms with Crippen LogP contribution in [0.25, 0.3) is 0 Å². The normalized spacial score (nSPS) is 17.7. The lowest BCUT2D eigenvalue weighted by Gasteiger charge is -2.42. The number of carbonyl (C=O) groups is 1. The van der Waals surface area contributed by atoms with Gasteiger partial charge in [-0.1, -0.05) is 84.4 Å². The van der Waals surface area contributed by atoms with E-state index in [1.165, 1.54) is 27.6 Å². The Labute approximate surface area is 245 Å². The summed E-state index contributed by atoms with van der Waals surface area (Å²) in [7, 11) is -3.95. The standard InChI is InChI=1S/C32H30ClN3O4S/c33-26-15-17-27(18-16-26)41(38,39)36-23-30(40-29-14-8-7-13-28(29)36)32(37)35-21-19-34(20-22-35)31(24-9-3-1-4-10-24)25-11-5-2-6-12-25/h1-18,30-31H,19-23H2/t30-/m1/s1. The Kier molecular flexibility index (Phi) is 7.71. The van der Waals surface area contributed by atoms with Gasteiger partial charge in [-0.2, -0.15) is 0 Å². The molecule has 7 nitrogen and oxygen atoms in total. The van der Waals surface area contributed by atoms with Crippen molar-refractivity contribution in [1.29, 1.82) is 0 Å². The van der Waals surface area contributed by atoms with E-state index in [-0.39, 0.29) is 23.4 Å². The number of amides is 1. The fourth-order valence-electron chi connectivity index (χ4n) is 5.58. The molecule has 4 aromatic carbocycles. The second kappa shape index (κ2) is 11.6. The van der Waals surface area contributed by atoms with Crippen molar-refractivity contribution in [1.82, 2.24) is 9.80 Å². The Balaban J connectivity index is 1.21. The molecule has 1 saturated heterocycles. The van der Waals surface area contributed by atoms with Gasteiger partial charge in [0.2, 0.25) is 0 Å². The zero-order valence-electron chi connectivity index (χ0n) is 22.3. The van der Waals surface area contributed by atoms with Crippen molar-refractivity contribution in [3.05, 3.63) is 125 Å². The summed E-state index contributed by atoms with van der Waals surface area (Å²) in [4.78, 5) is 18.1. The first-order chi connectivity index (χ1) is 19.9. The van der Waals surface area contributed by atoms with Gasteiger partial charge in [-0.15, -0.1) is 0 Å². The van der Waals surface area contributed by atoms with Crippen molar-refractivity contribution < 1.29 is 17.9 Å². The van der Waals surface area contributed by atoms with Crippen LogP contribution in [-0.2, 0) is 14.8 Å². The summed E-state index contributed by atoms with van der Waals surface area (Å²) in [6, 6.07) is 33.8. The van der Waals surface area contributed by atoms with Crippen LogP contribution in [0.15, 0.2) is 114 Å². The Bertz CT molecular complexity index is 1570. The molecule has 0 aromatic heterocycles. The van der Waals surface area contributed by atoms with Crippen molar-refractivity contribution in [3.8, 4) is 5.75 Å². The zero-order valence-corrected chi connectivity index (χ0v) is 23.9. The van der Waals surface area contributed by atoms with Crippen LogP contribution in [0.3, 0.4) is 0 Å². The van der Waals surface area contributed by atoms with Crippen molar-refractivity contribution in [3.63, 3.8) is 0 Å². The van der Waals surface area contributed by atoms with E-state index in [0.717, 1.165) is 0 Å². The second-order valence-corrected chi connectivity index (χ2v) is 12.4. The van der Waals surface area contributed by atoms with Gasteiger partial charge < -0.3 is 9.64 Å². The first-order valence-electron chi connectivity index (χ1n) is 13.6. The Hall–Kier alpha value is -3.85.